The molecule has 1 unspecified atom stereocenters. The van der Waals surface area contributed by atoms with E-state index in [1.165, 1.54) is 30.9 Å². The minimum atomic E-state index is 0.834. The predicted octanol–water partition coefficient (Wildman–Crippen LogP) is 1.07. The first-order valence-electron chi connectivity index (χ1n) is 4.92. The second kappa shape index (κ2) is 6.75. The zero-order valence-electron chi connectivity index (χ0n) is 7.72. The Hall–Kier alpha value is 0.270. The van der Waals surface area contributed by atoms with Crippen molar-refractivity contribution in [3.8, 4) is 0 Å². The molecule has 1 fully saturated rings. The van der Waals surface area contributed by atoms with Gasteiger partial charge in [0.2, 0.25) is 0 Å². The first kappa shape index (κ1) is 10.4. The molecule has 1 aliphatic heterocycles. The Bertz CT molecular complexity index is 103. The van der Waals surface area contributed by atoms with Crippen LogP contribution in [0, 0.1) is 5.92 Å². The highest BCUT2D eigenvalue weighted by atomic mass is 32.2. The molecule has 0 aromatic carbocycles. The van der Waals surface area contributed by atoms with Gasteiger partial charge in [0, 0.05) is 0 Å². The molecule has 1 heterocycles. The largest absolute Gasteiger partial charge is 0.330 e. The highest BCUT2D eigenvalue weighted by Gasteiger charge is 2.13. The zero-order valence-corrected chi connectivity index (χ0v) is 8.54. The van der Waals surface area contributed by atoms with E-state index in [0.29, 0.717) is 0 Å². The maximum Gasteiger partial charge on any atom is -0.00123 e. The fraction of sp³-hybridized carbons (Fsp3) is 1.00. The molecule has 0 radical (unpaired) electrons. The minimum Gasteiger partial charge on any atom is -0.330 e. The van der Waals surface area contributed by atoms with Gasteiger partial charge in [-0.1, -0.05) is 0 Å². The third-order valence-corrected chi connectivity index (χ3v) is 3.50. The van der Waals surface area contributed by atoms with E-state index in [-0.39, 0.29) is 0 Å². The van der Waals surface area contributed by atoms with Gasteiger partial charge in [0.15, 0.2) is 0 Å². The Morgan fingerprint density at radius 2 is 2.33 bits per heavy atom. The molecule has 0 bridgehead atoms. The molecule has 3 N–H and O–H groups in total. The van der Waals surface area contributed by atoms with Crippen LogP contribution in [0.1, 0.15) is 19.3 Å². The summed E-state index contributed by atoms with van der Waals surface area (Å²) in [6.07, 6.45) is 3.80. The first-order chi connectivity index (χ1) is 5.93. The highest BCUT2D eigenvalue weighted by molar-refractivity contribution is 7.99. The maximum atomic E-state index is 5.40. The molecule has 0 saturated carbocycles. The molecule has 0 aliphatic carbocycles. The van der Waals surface area contributed by atoms with Gasteiger partial charge >= 0.3 is 0 Å². The van der Waals surface area contributed by atoms with Crippen LogP contribution in [0.15, 0.2) is 0 Å². The van der Waals surface area contributed by atoms with Crippen LogP contribution >= 0.6 is 11.8 Å². The first-order valence-corrected chi connectivity index (χ1v) is 6.07. The van der Waals surface area contributed by atoms with Crippen molar-refractivity contribution in [1.29, 1.82) is 0 Å². The van der Waals surface area contributed by atoms with Gasteiger partial charge < -0.3 is 11.1 Å². The fourth-order valence-corrected chi connectivity index (χ4v) is 2.73. The SMILES string of the molecule is NCCCCNCC1CCSC1. The van der Waals surface area contributed by atoms with Gasteiger partial charge in [-0.05, 0) is 56.3 Å². The lowest BCUT2D eigenvalue weighted by Gasteiger charge is -2.08. The van der Waals surface area contributed by atoms with E-state index in [1.807, 2.05) is 0 Å². The number of unbranched alkanes of at least 4 members (excludes halogenated alkanes) is 1. The van der Waals surface area contributed by atoms with Crippen LogP contribution in [0.5, 0.6) is 0 Å². The van der Waals surface area contributed by atoms with Crippen LogP contribution in [0.2, 0.25) is 0 Å². The van der Waals surface area contributed by atoms with E-state index in [0.717, 1.165) is 25.4 Å². The summed E-state index contributed by atoms with van der Waals surface area (Å²) in [6, 6.07) is 0. The van der Waals surface area contributed by atoms with Crippen LogP contribution in [0.4, 0.5) is 0 Å². The molecule has 2 nitrogen and oxygen atoms in total. The number of hydrogen-bond donors (Lipinski definition) is 2. The lowest BCUT2D eigenvalue weighted by Crippen LogP contribution is -2.24. The topological polar surface area (TPSA) is 38.0 Å². The van der Waals surface area contributed by atoms with Gasteiger partial charge in [-0.25, -0.2) is 0 Å². The van der Waals surface area contributed by atoms with Crippen molar-refractivity contribution in [3.05, 3.63) is 0 Å². The van der Waals surface area contributed by atoms with Crippen molar-refractivity contribution in [2.45, 2.75) is 19.3 Å². The lowest BCUT2D eigenvalue weighted by atomic mass is 10.1. The van der Waals surface area contributed by atoms with Crippen LogP contribution in [0.3, 0.4) is 0 Å². The van der Waals surface area contributed by atoms with Gasteiger partial charge in [0.05, 0.1) is 0 Å². The molecule has 0 aromatic heterocycles. The normalized spacial score (nSPS) is 23.2. The van der Waals surface area contributed by atoms with E-state index in [1.54, 1.807) is 0 Å². The van der Waals surface area contributed by atoms with Crippen molar-refractivity contribution >= 4 is 11.8 Å². The summed E-state index contributed by atoms with van der Waals surface area (Å²) < 4.78 is 0. The molecule has 72 valence electrons. The summed E-state index contributed by atoms with van der Waals surface area (Å²) in [5.74, 6) is 3.67. The van der Waals surface area contributed by atoms with Crippen LogP contribution < -0.4 is 11.1 Å². The van der Waals surface area contributed by atoms with E-state index >= 15 is 0 Å². The molecule has 1 saturated heterocycles. The van der Waals surface area contributed by atoms with Crippen molar-refractivity contribution in [2.75, 3.05) is 31.1 Å². The monoisotopic (exact) mass is 188 g/mol. The minimum absolute atomic E-state index is 0.834. The Kier molecular flexibility index (Phi) is 5.82. The molecule has 12 heavy (non-hydrogen) atoms. The van der Waals surface area contributed by atoms with Crippen molar-refractivity contribution in [1.82, 2.24) is 5.32 Å². The second-order valence-electron chi connectivity index (χ2n) is 3.43. The summed E-state index contributed by atoms with van der Waals surface area (Å²) in [5.41, 5.74) is 5.40. The van der Waals surface area contributed by atoms with Gasteiger partial charge in [-0.2, -0.15) is 11.8 Å². The Balaban J connectivity index is 1.81. The van der Waals surface area contributed by atoms with Crippen LogP contribution in [-0.4, -0.2) is 31.1 Å². The van der Waals surface area contributed by atoms with Crippen molar-refractivity contribution in [2.24, 2.45) is 11.7 Å². The summed E-state index contributed by atoms with van der Waals surface area (Å²) in [6.45, 7) is 3.21. The summed E-state index contributed by atoms with van der Waals surface area (Å²) >= 11 is 2.09. The third-order valence-electron chi connectivity index (χ3n) is 2.26. The Morgan fingerprint density at radius 3 is 3.00 bits per heavy atom. The van der Waals surface area contributed by atoms with E-state index in [2.05, 4.69) is 17.1 Å². The molecule has 0 spiro atoms. The molecule has 1 aliphatic rings. The average Bonchev–Trinajstić information content (AvgIpc) is 2.57. The Labute approximate surface area is 79.7 Å². The lowest BCUT2D eigenvalue weighted by molar-refractivity contribution is 0.513. The molecule has 1 atom stereocenters. The van der Waals surface area contributed by atoms with E-state index in [9.17, 15) is 0 Å². The summed E-state index contributed by atoms with van der Waals surface area (Å²) in [4.78, 5) is 0. The number of nitrogens with two attached hydrogens (primary N) is 1. The zero-order chi connectivity index (χ0) is 8.65. The Morgan fingerprint density at radius 1 is 1.42 bits per heavy atom. The molecule has 0 aromatic rings. The van der Waals surface area contributed by atoms with Crippen LogP contribution in [0.25, 0.3) is 0 Å². The van der Waals surface area contributed by atoms with Gasteiger partial charge in [0.1, 0.15) is 0 Å². The number of thioether (sulfide) groups is 1. The molecular weight excluding hydrogens is 168 g/mol. The smallest absolute Gasteiger partial charge is 0.00123 e. The number of hydrogen-bond acceptors (Lipinski definition) is 3. The summed E-state index contributed by atoms with van der Waals surface area (Å²) in [7, 11) is 0. The van der Waals surface area contributed by atoms with E-state index < -0.39 is 0 Å². The number of rotatable bonds is 6. The van der Waals surface area contributed by atoms with Gasteiger partial charge in [0.25, 0.3) is 0 Å². The predicted molar refractivity (Wildman–Crippen MR) is 56.6 cm³/mol. The highest BCUT2D eigenvalue weighted by Crippen LogP contribution is 2.22. The number of nitrogens with one attached hydrogen (secondary N) is 1. The summed E-state index contributed by atoms with van der Waals surface area (Å²) in [5, 5.41) is 3.49. The molecule has 3 heteroatoms. The molecular formula is C9H20N2S. The van der Waals surface area contributed by atoms with Crippen molar-refractivity contribution < 1.29 is 0 Å². The van der Waals surface area contributed by atoms with Crippen LogP contribution in [-0.2, 0) is 0 Å². The second-order valence-corrected chi connectivity index (χ2v) is 4.58. The maximum absolute atomic E-state index is 5.40. The quantitative estimate of drug-likeness (QED) is 0.612. The molecule has 1 rings (SSSR count). The molecule has 0 amide bonds. The van der Waals surface area contributed by atoms with Crippen molar-refractivity contribution in [3.63, 3.8) is 0 Å². The standard InChI is InChI=1S/C9H20N2S/c10-4-1-2-5-11-7-9-3-6-12-8-9/h9,11H,1-8,10H2. The average molecular weight is 188 g/mol. The van der Waals surface area contributed by atoms with E-state index in [4.69, 9.17) is 5.73 Å². The van der Waals surface area contributed by atoms with Gasteiger partial charge in [-0.15, -0.1) is 0 Å². The van der Waals surface area contributed by atoms with Gasteiger partial charge in [-0.3, -0.25) is 0 Å². The third kappa shape index (κ3) is 4.33. The fourth-order valence-electron chi connectivity index (χ4n) is 1.44.